The predicted molar refractivity (Wildman–Crippen MR) is 109 cm³/mol. The van der Waals surface area contributed by atoms with Crippen molar-refractivity contribution >= 4 is 28.0 Å². The van der Waals surface area contributed by atoms with Crippen molar-refractivity contribution in [1.82, 2.24) is 24.7 Å². The highest BCUT2D eigenvalue weighted by Gasteiger charge is 2.66. The monoisotopic (exact) mass is 529 g/mol. The van der Waals surface area contributed by atoms with Crippen molar-refractivity contribution in [2.75, 3.05) is 0 Å². The summed E-state index contributed by atoms with van der Waals surface area (Å²) in [7, 11) is -10.5. The Balaban J connectivity index is 2.13. The summed E-state index contributed by atoms with van der Waals surface area (Å²) in [6, 6.07) is -0.633. The molecule has 0 saturated carbocycles. The summed E-state index contributed by atoms with van der Waals surface area (Å²) >= 11 is 0. The number of carbonyl (C=O) groups is 1. The van der Waals surface area contributed by atoms with E-state index in [-0.39, 0.29) is 23.3 Å². The van der Waals surface area contributed by atoms with Gasteiger partial charge in [0.2, 0.25) is 0 Å². The van der Waals surface area contributed by atoms with E-state index in [2.05, 4.69) is 20.1 Å². The van der Waals surface area contributed by atoms with Crippen LogP contribution in [0, 0.1) is 0 Å². The molecule has 0 N–H and O–H groups in total. The van der Waals surface area contributed by atoms with Gasteiger partial charge in [-0.1, -0.05) is 19.4 Å². The minimum atomic E-state index is -10.5. The van der Waals surface area contributed by atoms with Crippen LogP contribution in [0.5, 0.6) is 0 Å². The molecule has 35 heavy (non-hydrogen) atoms. The Morgan fingerprint density at radius 3 is 2.23 bits per heavy atom. The van der Waals surface area contributed by atoms with Crippen LogP contribution in [0.4, 0.5) is 32.6 Å². The lowest BCUT2D eigenvalue weighted by molar-refractivity contribution is -0.140. The Morgan fingerprint density at radius 1 is 1.06 bits per heavy atom. The molecule has 0 fully saturated rings. The Bertz CT molecular complexity index is 1290. The zero-order valence-corrected chi connectivity index (χ0v) is 18.5. The minimum Gasteiger partial charge on any atom is -0.459 e. The lowest BCUT2D eigenvalue weighted by Gasteiger charge is -2.40. The number of alkyl halides is 3. The van der Waals surface area contributed by atoms with E-state index in [0.717, 1.165) is 17.2 Å². The number of hydrogen-bond donors (Lipinski definition) is 0. The summed E-state index contributed by atoms with van der Waals surface area (Å²) in [5.41, 5.74) is -2.96. The lowest BCUT2D eigenvalue weighted by Crippen LogP contribution is -2.14. The van der Waals surface area contributed by atoms with E-state index in [1.165, 1.54) is 18.7 Å². The van der Waals surface area contributed by atoms with Gasteiger partial charge in [-0.05, 0) is 32.0 Å². The van der Waals surface area contributed by atoms with Crippen molar-refractivity contribution < 1.29 is 42.1 Å². The molecular formula is C19H15F8N5O2S. The maximum absolute atomic E-state index is 13.3. The smallest absolute Gasteiger partial charge is 0.416 e. The van der Waals surface area contributed by atoms with Crippen molar-refractivity contribution in [2.45, 2.75) is 31.0 Å². The molecule has 0 aliphatic carbocycles. The van der Waals surface area contributed by atoms with Gasteiger partial charge in [0.15, 0.2) is 5.82 Å². The second-order valence-electron chi connectivity index (χ2n) is 7.38. The predicted octanol–water partition coefficient (Wildman–Crippen LogP) is 6.36. The second kappa shape index (κ2) is 8.00. The molecule has 2 heterocycles. The van der Waals surface area contributed by atoms with E-state index < -0.39 is 56.4 Å². The molecule has 0 radical (unpaired) electrons. The van der Waals surface area contributed by atoms with Crippen LogP contribution in [0.15, 0.2) is 48.1 Å². The third kappa shape index (κ3) is 6.52. The molecule has 1 aromatic carbocycles. The third-order valence-electron chi connectivity index (χ3n) is 4.14. The number of carbonyl (C=O) groups excluding carboxylic acids is 1. The van der Waals surface area contributed by atoms with E-state index >= 15 is 0 Å². The lowest BCUT2D eigenvalue weighted by atomic mass is 10.1. The molecule has 0 amide bonds. The van der Waals surface area contributed by atoms with Crippen LogP contribution in [-0.4, -0.2) is 36.8 Å². The van der Waals surface area contributed by atoms with Crippen LogP contribution in [0.25, 0.3) is 23.2 Å². The Hall–Kier alpha value is -3.56. The maximum atomic E-state index is 13.3. The van der Waals surface area contributed by atoms with E-state index in [1.54, 1.807) is 13.8 Å². The fourth-order valence-electron chi connectivity index (χ4n) is 2.68. The molecular weight excluding hydrogens is 514 g/mol. The first-order valence-electron chi connectivity index (χ1n) is 9.39. The molecule has 0 spiro atoms. The minimum absolute atomic E-state index is 0.150. The van der Waals surface area contributed by atoms with E-state index in [4.69, 9.17) is 4.74 Å². The van der Waals surface area contributed by atoms with E-state index in [9.17, 15) is 37.4 Å². The van der Waals surface area contributed by atoms with Crippen LogP contribution in [-0.2, 0) is 15.7 Å². The largest absolute Gasteiger partial charge is 0.459 e. The number of ether oxygens (including phenoxy) is 1. The van der Waals surface area contributed by atoms with Crippen molar-refractivity contribution in [1.29, 1.82) is 0 Å². The number of aromatic nitrogens is 5. The number of esters is 1. The molecule has 7 nitrogen and oxygen atoms in total. The summed E-state index contributed by atoms with van der Waals surface area (Å²) in [4.78, 5) is 20.8. The topological polar surface area (TPSA) is 82.8 Å². The van der Waals surface area contributed by atoms with Gasteiger partial charge < -0.3 is 4.74 Å². The summed E-state index contributed by atoms with van der Waals surface area (Å²) in [6.45, 7) is 3.13. The fourth-order valence-corrected chi connectivity index (χ4v) is 3.38. The van der Waals surface area contributed by atoms with Gasteiger partial charge in [-0.2, -0.15) is 13.2 Å². The molecule has 3 rings (SSSR count). The van der Waals surface area contributed by atoms with Gasteiger partial charge >= 0.3 is 22.4 Å². The molecule has 3 aromatic rings. The zero-order chi connectivity index (χ0) is 26.3. The van der Waals surface area contributed by atoms with Gasteiger partial charge in [-0.15, -0.1) is 5.10 Å². The maximum Gasteiger partial charge on any atom is 0.416 e. The number of rotatable bonds is 6. The quantitative estimate of drug-likeness (QED) is 0.210. The molecule has 2 aromatic heterocycles. The number of hydrogen-bond acceptors (Lipinski definition) is 6. The van der Waals surface area contributed by atoms with Crippen molar-refractivity contribution in [2.24, 2.45) is 0 Å². The molecule has 0 atom stereocenters. The zero-order valence-electron chi connectivity index (χ0n) is 17.7. The summed E-state index contributed by atoms with van der Waals surface area (Å²) in [6.07, 6.45) is -0.389. The summed E-state index contributed by atoms with van der Waals surface area (Å²) in [5, 5.41) is 3.71. The summed E-state index contributed by atoms with van der Waals surface area (Å²) < 4.78 is 112. The first-order valence-corrected chi connectivity index (χ1v) is 11.3. The first kappa shape index (κ1) is 26.1. The van der Waals surface area contributed by atoms with Gasteiger partial charge in [0.25, 0.3) is 0 Å². The van der Waals surface area contributed by atoms with Gasteiger partial charge in [0.05, 0.1) is 17.2 Å². The first-order chi connectivity index (χ1) is 15.8. The number of nitrogens with zero attached hydrogens (tertiary/aromatic N) is 5. The van der Waals surface area contributed by atoms with E-state index in [0.29, 0.717) is 0 Å². The molecule has 0 bridgehead atoms. The van der Waals surface area contributed by atoms with Crippen LogP contribution in [0.1, 0.15) is 25.0 Å². The Morgan fingerprint density at radius 2 is 1.69 bits per heavy atom. The Labute approximate surface area is 192 Å². The molecule has 0 saturated heterocycles. The second-order valence-corrected chi connectivity index (χ2v) is 9.79. The Kier molecular flexibility index (Phi) is 5.95. The van der Waals surface area contributed by atoms with Crippen LogP contribution >= 0.6 is 10.2 Å². The van der Waals surface area contributed by atoms with Crippen molar-refractivity contribution in [3.8, 4) is 11.4 Å². The molecule has 0 aliphatic rings. The SMILES string of the molecule is CC(C)OC(=O)/C(=C/n1cnc(-c2cc(C(F)(F)F)cc(S(F)(F)(F)(F)F)c2)n1)c1cncnc1. The van der Waals surface area contributed by atoms with Crippen LogP contribution in [0.3, 0.4) is 0 Å². The highest BCUT2D eigenvalue weighted by molar-refractivity contribution is 8.45. The van der Waals surface area contributed by atoms with Gasteiger partial charge in [-0.25, -0.2) is 24.4 Å². The molecule has 0 unspecified atom stereocenters. The van der Waals surface area contributed by atoms with Gasteiger partial charge in [-0.3, -0.25) is 0 Å². The standard InChI is InChI=1S/C19H15F8N5O2S/c1-11(2)34-18(33)16(13-6-28-9-29-7-13)8-32-10-30-17(31-32)12-3-14(19(20,21)22)5-15(4-12)35(23,24,25,26)27/h3-11H,1-2H3/b16-8+. The molecule has 190 valence electrons. The highest BCUT2D eigenvalue weighted by atomic mass is 32.5. The number of halogens is 8. The average molecular weight is 529 g/mol. The third-order valence-corrected chi connectivity index (χ3v) is 5.27. The van der Waals surface area contributed by atoms with Crippen LogP contribution in [0.2, 0.25) is 0 Å². The normalized spacial score (nSPS) is 15.0. The van der Waals surface area contributed by atoms with Crippen molar-refractivity contribution in [3.05, 3.63) is 54.4 Å². The summed E-state index contributed by atoms with van der Waals surface area (Å²) in [5.74, 6) is -1.61. The fraction of sp³-hybridized carbons (Fsp3) is 0.211. The van der Waals surface area contributed by atoms with Gasteiger partial charge in [0.1, 0.15) is 17.6 Å². The highest BCUT2D eigenvalue weighted by Crippen LogP contribution is 3.02. The van der Waals surface area contributed by atoms with Gasteiger partial charge in [0, 0.05) is 29.7 Å². The molecule has 0 aliphatic heterocycles. The average Bonchev–Trinajstić information content (AvgIpc) is 3.18. The van der Waals surface area contributed by atoms with Crippen molar-refractivity contribution in [3.63, 3.8) is 0 Å². The molecule has 16 heteroatoms. The van der Waals surface area contributed by atoms with Crippen LogP contribution < -0.4 is 0 Å². The number of benzene rings is 1. The van der Waals surface area contributed by atoms with E-state index in [1.807, 2.05) is 0 Å².